The second-order valence-electron chi connectivity index (χ2n) is 8.02. The molecule has 2 aromatic rings. The van der Waals surface area contributed by atoms with E-state index < -0.39 is 0 Å². The topological polar surface area (TPSA) is 19.4 Å². The van der Waals surface area contributed by atoms with Crippen LogP contribution < -0.4 is 0 Å². The van der Waals surface area contributed by atoms with Gasteiger partial charge in [-0.15, -0.1) is 0 Å². The summed E-state index contributed by atoms with van der Waals surface area (Å²) >= 11 is 0. The molecule has 0 aliphatic carbocycles. The number of rotatable bonds is 6. The van der Waals surface area contributed by atoms with Crippen LogP contribution in [0.25, 0.3) is 0 Å². The second kappa shape index (κ2) is 8.79. The first-order chi connectivity index (χ1) is 12.9. The first-order valence-electron chi connectivity index (χ1n) is 10.3. The fraction of sp³-hybridized carbons (Fsp3) is 0.522. The van der Waals surface area contributed by atoms with E-state index in [9.17, 15) is 0 Å². The lowest BCUT2D eigenvalue weighted by atomic mass is 9.84. The minimum absolute atomic E-state index is 0.919. The SMILES string of the molecule is c1ccc(CCN2CCC(C3CCN(Cc4ccccn4)CC3)C2)cc1. The maximum absolute atomic E-state index is 4.48. The highest BCUT2D eigenvalue weighted by Crippen LogP contribution is 2.32. The zero-order valence-electron chi connectivity index (χ0n) is 15.8. The van der Waals surface area contributed by atoms with Gasteiger partial charge in [0.2, 0.25) is 0 Å². The van der Waals surface area contributed by atoms with Crippen LogP contribution in [-0.2, 0) is 13.0 Å². The van der Waals surface area contributed by atoms with Crippen molar-refractivity contribution < 1.29 is 0 Å². The summed E-state index contributed by atoms with van der Waals surface area (Å²) in [5.41, 5.74) is 2.68. The summed E-state index contributed by atoms with van der Waals surface area (Å²) in [6, 6.07) is 17.2. The summed E-state index contributed by atoms with van der Waals surface area (Å²) in [5, 5.41) is 0. The Bertz CT molecular complexity index is 650. The normalized spacial score (nSPS) is 22.7. The highest BCUT2D eigenvalue weighted by Gasteiger charge is 2.31. The Kier molecular flexibility index (Phi) is 5.98. The average Bonchev–Trinajstić information content (AvgIpc) is 3.18. The Morgan fingerprint density at radius 2 is 1.54 bits per heavy atom. The van der Waals surface area contributed by atoms with Crippen molar-refractivity contribution in [3.05, 3.63) is 66.0 Å². The van der Waals surface area contributed by atoms with Gasteiger partial charge < -0.3 is 4.90 Å². The quantitative estimate of drug-likeness (QED) is 0.789. The van der Waals surface area contributed by atoms with Gasteiger partial charge in [0.25, 0.3) is 0 Å². The fourth-order valence-corrected chi connectivity index (χ4v) is 4.69. The van der Waals surface area contributed by atoms with Gasteiger partial charge in [-0.25, -0.2) is 0 Å². The van der Waals surface area contributed by atoms with E-state index in [1.165, 1.54) is 69.7 Å². The molecule has 2 saturated heterocycles. The van der Waals surface area contributed by atoms with Crippen LogP contribution in [0.2, 0.25) is 0 Å². The first kappa shape index (κ1) is 17.7. The van der Waals surface area contributed by atoms with Crippen LogP contribution >= 0.6 is 0 Å². The Morgan fingerprint density at radius 3 is 2.31 bits per heavy atom. The van der Waals surface area contributed by atoms with Gasteiger partial charge in [-0.2, -0.15) is 0 Å². The van der Waals surface area contributed by atoms with Crippen LogP contribution in [0.5, 0.6) is 0 Å². The number of hydrogen-bond donors (Lipinski definition) is 0. The first-order valence-corrected chi connectivity index (χ1v) is 10.3. The van der Waals surface area contributed by atoms with Gasteiger partial charge >= 0.3 is 0 Å². The fourth-order valence-electron chi connectivity index (χ4n) is 4.69. The van der Waals surface area contributed by atoms with E-state index in [-0.39, 0.29) is 0 Å². The van der Waals surface area contributed by atoms with E-state index in [0.29, 0.717) is 0 Å². The van der Waals surface area contributed by atoms with Gasteiger partial charge in [0, 0.05) is 25.8 Å². The van der Waals surface area contributed by atoms with E-state index in [0.717, 1.165) is 18.4 Å². The van der Waals surface area contributed by atoms with Gasteiger partial charge in [-0.1, -0.05) is 36.4 Å². The van der Waals surface area contributed by atoms with Crippen LogP contribution in [-0.4, -0.2) is 47.5 Å². The molecule has 2 fully saturated rings. The van der Waals surface area contributed by atoms with Crippen LogP contribution in [0.3, 0.4) is 0 Å². The molecule has 3 heteroatoms. The Labute approximate surface area is 158 Å². The zero-order chi connectivity index (χ0) is 17.6. The van der Waals surface area contributed by atoms with Gasteiger partial charge in [-0.3, -0.25) is 9.88 Å². The molecule has 0 N–H and O–H groups in total. The van der Waals surface area contributed by atoms with Crippen molar-refractivity contribution in [2.45, 2.75) is 32.2 Å². The van der Waals surface area contributed by atoms with Crippen LogP contribution in [0.1, 0.15) is 30.5 Å². The standard InChI is InChI=1S/C23H31N3/c1-2-6-20(7-3-1)9-14-25-17-12-22(18-25)21-10-15-26(16-11-21)19-23-8-4-5-13-24-23/h1-8,13,21-22H,9-12,14-19H2. The van der Waals surface area contributed by atoms with E-state index in [1.54, 1.807) is 0 Å². The maximum Gasteiger partial charge on any atom is 0.0543 e. The molecule has 0 bridgehead atoms. The summed E-state index contributed by atoms with van der Waals surface area (Å²) in [5.74, 6) is 1.85. The molecule has 1 unspecified atom stereocenters. The zero-order valence-corrected chi connectivity index (χ0v) is 15.8. The minimum Gasteiger partial charge on any atom is -0.303 e. The van der Waals surface area contributed by atoms with Gasteiger partial charge in [0.05, 0.1) is 5.69 Å². The lowest BCUT2D eigenvalue weighted by molar-refractivity contribution is 0.140. The van der Waals surface area contributed by atoms with E-state index >= 15 is 0 Å². The number of aromatic nitrogens is 1. The third-order valence-corrected chi connectivity index (χ3v) is 6.28. The number of benzene rings is 1. The maximum atomic E-state index is 4.48. The molecule has 1 aromatic carbocycles. The molecule has 26 heavy (non-hydrogen) atoms. The van der Waals surface area contributed by atoms with Crippen molar-refractivity contribution in [3.63, 3.8) is 0 Å². The van der Waals surface area contributed by atoms with Crippen molar-refractivity contribution in [2.24, 2.45) is 11.8 Å². The van der Waals surface area contributed by atoms with Crippen molar-refractivity contribution in [3.8, 4) is 0 Å². The van der Waals surface area contributed by atoms with Crippen LogP contribution in [0.4, 0.5) is 0 Å². The second-order valence-corrected chi connectivity index (χ2v) is 8.02. The van der Waals surface area contributed by atoms with Gasteiger partial charge in [0.1, 0.15) is 0 Å². The highest BCUT2D eigenvalue weighted by molar-refractivity contribution is 5.15. The molecule has 3 heterocycles. The molecule has 0 saturated carbocycles. The summed E-state index contributed by atoms with van der Waals surface area (Å²) in [7, 11) is 0. The van der Waals surface area contributed by atoms with Crippen molar-refractivity contribution in [1.29, 1.82) is 0 Å². The molecule has 2 aliphatic heterocycles. The number of likely N-dealkylation sites (tertiary alicyclic amines) is 2. The Hall–Kier alpha value is -1.71. The highest BCUT2D eigenvalue weighted by atomic mass is 15.2. The number of hydrogen-bond acceptors (Lipinski definition) is 3. The van der Waals surface area contributed by atoms with Crippen LogP contribution in [0, 0.1) is 11.8 Å². The predicted molar refractivity (Wildman–Crippen MR) is 107 cm³/mol. The third kappa shape index (κ3) is 4.72. The predicted octanol–water partition coefficient (Wildman–Crippen LogP) is 3.86. The summed E-state index contributed by atoms with van der Waals surface area (Å²) in [6.07, 6.45) is 7.23. The van der Waals surface area contributed by atoms with E-state index in [1.807, 2.05) is 12.3 Å². The minimum atomic E-state index is 0.919. The molecule has 1 aromatic heterocycles. The lowest BCUT2D eigenvalue weighted by Gasteiger charge is -2.34. The van der Waals surface area contributed by atoms with Gasteiger partial charge in [-0.05, 0) is 74.8 Å². The summed E-state index contributed by atoms with van der Waals surface area (Å²) in [4.78, 5) is 9.75. The number of nitrogens with zero attached hydrogens (tertiary/aromatic N) is 3. The van der Waals surface area contributed by atoms with Crippen molar-refractivity contribution in [2.75, 3.05) is 32.7 Å². The van der Waals surface area contributed by atoms with Crippen LogP contribution in [0.15, 0.2) is 54.7 Å². The molecular weight excluding hydrogens is 318 g/mol. The lowest BCUT2D eigenvalue weighted by Crippen LogP contribution is -2.36. The van der Waals surface area contributed by atoms with Crippen molar-refractivity contribution >= 4 is 0 Å². The molecule has 138 valence electrons. The molecule has 1 atom stereocenters. The van der Waals surface area contributed by atoms with E-state index in [4.69, 9.17) is 0 Å². The summed E-state index contributed by atoms with van der Waals surface area (Å²) < 4.78 is 0. The third-order valence-electron chi connectivity index (χ3n) is 6.28. The average molecular weight is 350 g/mol. The molecule has 2 aliphatic rings. The molecule has 0 amide bonds. The Morgan fingerprint density at radius 1 is 0.808 bits per heavy atom. The molecule has 3 nitrogen and oxygen atoms in total. The molecule has 0 radical (unpaired) electrons. The number of piperidine rings is 1. The smallest absolute Gasteiger partial charge is 0.0543 e. The van der Waals surface area contributed by atoms with E-state index in [2.05, 4.69) is 57.2 Å². The van der Waals surface area contributed by atoms with Crippen molar-refractivity contribution in [1.82, 2.24) is 14.8 Å². The molecular formula is C23H31N3. The summed E-state index contributed by atoms with van der Waals surface area (Å²) in [6.45, 7) is 7.33. The molecule has 0 spiro atoms. The molecule has 4 rings (SSSR count). The Balaban J connectivity index is 1.19. The van der Waals surface area contributed by atoms with Gasteiger partial charge in [0.15, 0.2) is 0 Å². The largest absolute Gasteiger partial charge is 0.303 e. The monoisotopic (exact) mass is 349 g/mol. The number of pyridine rings is 1.